The van der Waals surface area contributed by atoms with E-state index in [4.69, 9.17) is 4.98 Å². The van der Waals surface area contributed by atoms with E-state index in [1.165, 1.54) is 0 Å². The van der Waals surface area contributed by atoms with Crippen LogP contribution in [0.2, 0.25) is 0 Å². The predicted molar refractivity (Wildman–Crippen MR) is 120 cm³/mol. The fraction of sp³-hybridized carbons (Fsp3) is 0.348. The number of aryl methyl sites for hydroxylation is 1. The van der Waals surface area contributed by atoms with Crippen molar-refractivity contribution in [1.29, 1.82) is 0 Å². The summed E-state index contributed by atoms with van der Waals surface area (Å²) in [5.41, 5.74) is 4.57. The highest BCUT2D eigenvalue weighted by molar-refractivity contribution is 6.04. The Labute approximate surface area is 181 Å². The number of pyridine rings is 2. The van der Waals surface area contributed by atoms with Crippen molar-refractivity contribution in [3.8, 4) is 11.3 Å². The number of rotatable bonds is 3. The smallest absolute Gasteiger partial charge is 0.329 e. The molecule has 0 saturated carbocycles. The lowest BCUT2D eigenvalue weighted by molar-refractivity contribution is 0.254. The third-order valence-electron chi connectivity index (χ3n) is 5.84. The van der Waals surface area contributed by atoms with Crippen LogP contribution < -0.4 is 15.1 Å². The number of urea groups is 1. The van der Waals surface area contributed by atoms with Gasteiger partial charge < -0.3 is 4.90 Å². The number of hydrogen-bond acceptors (Lipinski definition) is 6. The number of carbonyl (C=O) groups excluding carboxylic acids is 1. The maximum absolute atomic E-state index is 13.4. The van der Waals surface area contributed by atoms with Crippen molar-refractivity contribution < 1.29 is 4.79 Å². The highest BCUT2D eigenvalue weighted by atomic mass is 16.2. The summed E-state index contributed by atoms with van der Waals surface area (Å²) < 4.78 is 0. The molecule has 8 heteroatoms. The van der Waals surface area contributed by atoms with Crippen LogP contribution in [0.5, 0.6) is 0 Å². The van der Waals surface area contributed by atoms with Gasteiger partial charge in [-0.05, 0) is 43.5 Å². The van der Waals surface area contributed by atoms with E-state index in [1.807, 2.05) is 25.1 Å². The molecule has 0 aromatic carbocycles. The Hall–Kier alpha value is -3.55. The number of nitrogens with one attached hydrogen (secondary N) is 1. The third-order valence-corrected chi connectivity index (χ3v) is 5.84. The van der Waals surface area contributed by atoms with Gasteiger partial charge in [-0.3, -0.25) is 20.2 Å². The van der Waals surface area contributed by atoms with E-state index in [-0.39, 0.29) is 18.0 Å². The van der Waals surface area contributed by atoms with Crippen molar-refractivity contribution in [1.82, 2.24) is 19.9 Å². The first-order valence-corrected chi connectivity index (χ1v) is 10.6. The second kappa shape index (κ2) is 7.61. The van der Waals surface area contributed by atoms with E-state index in [9.17, 15) is 4.79 Å². The first kappa shape index (κ1) is 19.4. The van der Waals surface area contributed by atoms with Gasteiger partial charge in [-0.2, -0.15) is 0 Å². The third kappa shape index (κ3) is 3.58. The van der Waals surface area contributed by atoms with Gasteiger partial charge in [0, 0.05) is 36.7 Å². The number of nitrogens with zero attached hydrogens (tertiary/aromatic N) is 6. The summed E-state index contributed by atoms with van der Waals surface area (Å²) in [5, 5.41) is 2.94. The maximum atomic E-state index is 13.4. The summed E-state index contributed by atoms with van der Waals surface area (Å²) in [4.78, 5) is 35.4. The van der Waals surface area contributed by atoms with E-state index in [0.717, 1.165) is 47.8 Å². The van der Waals surface area contributed by atoms with Gasteiger partial charge in [0.15, 0.2) is 11.6 Å². The van der Waals surface area contributed by atoms with Crippen LogP contribution in [0.3, 0.4) is 0 Å². The maximum Gasteiger partial charge on any atom is 0.329 e. The van der Waals surface area contributed by atoms with Gasteiger partial charge in [0.1, 0.15) is 0 Å². The molecule has 1 fully saturated rings. The molecule has 0 aliphatic carbocycles. The monoisotopic (exact) mass is 415 g/mol. The minimum atomic E-state index is -0.224. The van der Waals surface area contributed by atoms with Crippen LogP contribution in [0.1, 0.15) is 37.6 Å². The standard InChI is InChI=1S/C23H25N7O/c1-14(2)19-11-24-12-21(26-19)28-23(31)30-17-7-9-29(13-17)20-5-4-18(27-22(20)30)16-6-8-25-15(3)10-16/h4-6,8,10-12,14,17H,7,9,13H2,1-3H3,(H,26,28,31)/t17-/m0/s1. The largest absolute Gasteiger partial charge is 0.366 e. The molecular formula is C23H25N7O. The molecule has 8 nitrogen and oxygen atoms in total. The molecule has 0 unspecified atom stereocenters. The van der Waals surface area contributed by atoms with E-state index >= 15 is 0 Å². The molecule has 2 amide bonds. The summed E-state index contributed by atoms with van der Waals surface area (Å²) in [6, 6.07) is 7.88. The number of hydrogen-bond donors (Lipinski definition) is 1. The van der Waals surface area contributed by atoms with Gasteiger partial charge >= 0.3 is 6.03 Å². The minimum absolute atomic E-state index is 0.0793. The molecule has 5 rings (SSSR count). The zero-order valence-corrected chi connectivity index (χ0v) is 17.9. The quantitative estimate of drug-likeness (QED) is 0.696. The fourth-order valence-electron chi connectivity index (χ4n) is 4.23. The van der Waals surface area contributed by atoms with Gasteiger partial charge in [-0.15, -0.1) is 0 Å². The molecule has 3 aromatic heterocycles. The number of aromatic nitrogens is 4. The van der Waals surface area contributed by atoms with Gasteiger partial charge in [-0.25, -0.2) is 14.8 Å². The van der Waals surface area contributed by atoms with E-state index in [0.29, 0.717) is 11.6 Å². The summed E-state index contributed by atoms with van der Waals surface area (Å²) in [5.74, 6) is 1.38. The SMILES string of the molecule is Cc1cc(-c2ccc3c(n2)N(C(=O)Nc2cncc(C(C)C)n2)[C@H]2CCN3C2)ccn1. The van der Waals surface area contributed by atoms with Gasteiger partial charge in [0.25, 0.3) is 0 Å². The second-order valence-corrected chi connectivity index (χ2v) is 8.40. The Morgan fingerprint density at radius 3 is 2.87 bits per heavy atom. The van der Waals surface area contributed by atoms with Crippen molar-refractivity contribution in [3.05, 3.63) is 54.2 Å². The van der Waals surface area contributed by atoms with Gasteiger partial charge in [0.05, 0.1) is 29.3 Å². The Morgan fingerprint density at radius 2 is 2.06 bits per heavy atom. The lowest BCUT2D eigenvalue weighted by Gasteiger charge is -2.35. The minimum Gasteiger partial charge on any atom is -0.366 e. The predicted octanol–water partition coefficient (Wildman–Crippen LogP) is 4.00. The normalized spacial score (nSPS) is 17.1. The summed E-state index contributed by atoms with van der Waals surface area (Å²) in [7, 11) is 0. The van der Waals surface area contributed by atoms with Crippen molar-refractivity contribution in [3.63, 3.8) is 0 Å². The summed E-state index contributed by atoms with van der Waals surface area (Å²) in [6.07, 6.45) is 6.00. The molecule has 1 atom stereocenters. The average molecular weight is 416 g/mol. The molecule has 2 bridgehead atoms. The van der Waals surface area contributed by atoms with Crippen LogP contribution in [0.4, 0.5) is 22.1 Å². The number of carbonyl (C=O) groups is 1. The molecule has 5 heterocycles. The molecule has 2 aliphatic heterocycles. The van der Waals surface area contributed by atoms with Crippen LogP contribution in [0.15, 0.2) is 42.9 Å². The van der Waals surface area contributed by atoms with E-state index < -0.39 is 0 Å². The van der Waals surface area contributed by atoms with Crippen LogP contribution in [0.25, 0.3) is 11.3 Å². The number of anilines is 3. The van der Waals surface area contributed by atoms with E-state index in [2.05, 4.69) is 45.1 Å². The second-order valence-electron chi connectivity index (χ2n) is 8.40. The van der Waals surface area contributed by atoms with Gasteiger partial charge in [0.2, 0.25) is 0 Å². The Bertz CT molecular complexity index is 1150. The first-order chi connectivity index (χ1) is 15.0. The van der Waals surface area contributed by atoms with Crippen molar-refractivity contribution >= 4 is 23.4 Å². The van der Waals surface area contributed by atoms with Crippen molar-refractivity contribution in [2.75, 3.05) is 28.2 Å². The van der Waals surface area contributed by atoms with E-state index in [1.54, 1.807) is 23.5 Å². The zero-order chi connectivity index (χ0) is 21.5. The summed E-state index contributed by atoms with van der Waals surface area (Å²) in [6.45, 7) is 7.79. The lowest BCUT2D eigenvalue weighted by Crippen LogP contribution is -2.48. The van der Waals surface area contributed by atoms with Crippen LogP contribution >= 0.6 is 0 Å². The molecule has 1 saturated heterocycles. The first-order valence-electron chi connectivity index (χ1n) is 10.6. The van der Waals surface area contributed by atoms with Crippen LogP contribution in [0, 0.1) is 6.92 Å². The van der Waals surface area contributed by atoms with Crippen LogP contribution in [-0.2, 0) is 0 Å². The highest BCUT2D eigenvalue weighted by Gasteiger charge is 2.40. The topological polar surface area (TPSA) is 87.1 Å². The molecular weight excluding hydrogens is 390 g/mol. The zero-order valence-electron chi connectivity index (χ0n) is 17.9. The molecule has 0 radical (unpaired) electrons. The highest BCUT2D eigenvalue weighted by Crippen LogP contribution is 2.40. The molecule has 2 aliphatic rings. The molecule has 158 valence electrons. The molecule has 1 N–H and O–H groups in total. The Balaban J connectivity index is 1.50. The Morgan fingerprint density at radius 1 is 1.19 bits per heavy atom. The molecule has 3 aromatic rings. The van der Waals surface area contributed by atoms with Crippen LogP contribution in [-0.4, -0.2) is 45.1 Å². The lowest BCUT2D eigenvalue weighted by atomic mass is 10.1. The van der Waals surface area contributed by atoms with Crippen molar-refractivity contribution in [2.45, 2.75) is 39.2 Å². The van der Waals surface area contributed by atoms with Crippen molar-refractivity contribution in [2.24, 2.45) is 0 Å². The molecule has 0 spiro atoms. The Kier molecular flexibility index (Phi) is 4.77. The number of fused-ring (bicyclic) bond motifs is 4. The average Bonchev–Trinajstić information content (AvgIpc) is 3.18. The molecule has 31 heavy (non-hydrogen) atoms. The number of amides is 2. The summed E-state index contributed by atoms with van der Waals surface area (Å²) >= 11 is 0. The van der Waals surface area contributed by atoms with Gasteiger partial charge in [-0.1, -0.05) is 13.8 Å². The fourth-order valence-corrected chi connectivity index (χ4v) is 4.23.